The Bertz CT molecular complexity index is 304. The summed E-state index contributed by atoms with van der Waals surface area (Å²) in [5, 5.41) is 0. The van der Waals surface area contributed by atoms with Crippen molar-refractivity contribution in [3.63, 3.8) is 0 Å². The molecule has 0 aliphatic rings. The second-order valence-electron chi connectivity index (χ2n) is 4.89. The molecule has 1 aromatic carbocycles. The maximum Gasteiger partial charge on any atom is 0.0962 e. The zero-order valence-corrected chi connectivity index (χ0v) is 11.8. The summed E-state index contributed by atoms with van der Waals surface area (Å²) in [4.78, 5) is 2.46. The Balaban J connectivity index is 2.60. The summed E-state index contributed by atoms with van der Waals surface area (Å²) in [6.07, 6.45) is 0. The van der Waals surface area contributed by atoms with Gasteiger partial charge in [-0.2, -0.15) is 0 Å². The summed E-state index contributed by atoms with van der Waals surface area (Å²) in [6, 6.07) is 10.7. The monoisotopic (exact) mass is 235 g/mol. The van der Waals surface area contributed by atoms with Crippen molar-refractivity contribution < 1.29 is 4.48 Å². The molecule has 0 aromatic heterocycles. The minimum atomic E-state index is 1.08. The van der Waals surface area contributed by atoms with Crippen LogP contribution in [0.2, 0.25) is 0 Å². The molecule has 2 nitrogen and oxygen atoms in total. The molecule has 0 N–H and O–H groups in total. The summed E-state index contributed by atoms with van der Waals surface area (Å²) in [7, 11) is 2.35. The Morgan fingerprint density at radius 1 is 1.00 bits per heavy atom. The van der Waals surface area contributed by atoms with Crippen LogP contribution in [-0.2, 0) is 0 Å². The number of anilines is 1. The third kappa shape index (κ3) is 4.04. The number of quaternary nitrogens is 1. The van der Waals surface area contributed by atoms with Crippen molar-refractivity contribution in [1.29, 1.82) is 0 Å². The molecule has 0 atom stereocenters. The van der Waals surface area contributed by atoms with E-state index < -0.39 is 0 Å². The predicted molar refractivity (Wildman–Crippen MR) is 76.5 cm³/mol. The van der Waals surface area contributed by atoms with E-state index in [0.29, 0.717) is 0 Å². The van der Waals surface area contributed by atoms with Crippen molar-refractivity contribution in [1.82, 2.24) is 0 Å². The number of para-hydroxylation sites is 1. The molecule has 0 aliphatic heterocycles. The number of benzene rings is 1. The van der Waals surface area contributed by atoms with Crippen molar-refractivity contribution in [2.45, 2.75) is 20.8 Å². The lowest BCUT2D eigenvalue weighted by Gasteiger charge is -2.35. The van der Waals surface area contributed by atoms with E-state index in [1.807, 2.05) is 0 Å². The van der Waals surface area contributed by atoms with E-state index in [4.69, 9.17) is 0 Å². The van der Waals surface area contributed by atoms with E-state index in [0.717, 1.165) is 17.6 Å². The SMILES string of the molecule is CCN(CC[N+](C)(CC)CC)c1ccccc1. The van der Waals surface area contributed by atoms with Crippen LogP contribution in [0.5, 0.6) is 0 Å². The number of nitrogens with zero attached hydrogens (tertiary/aromatic N) is 2. The second-order valence-corrected chi connectivity index (χ2v) is 4.89. The zero-order chi connectivity index (χ0) is 12.7. The maximum atomic E-state index is 2.46. The van der Waals surface area contributed by atoms with E-state index in [1.54, 1.807) is 0 Å². The van der Waals surface area contributed by atoms with Gasteiger partial charge in [0.05, 0.1) is 33.2 Å². The highest BCUT2D eigenvalue weighted by atomic mass is 15.3. The predicted octanol–water partition coefficient (Wildman–Crippen LogP) is 3.00. The average Bonchev–Trinajstić information content (AvgIpc) is 2.40. The minimum absolute atomic E-state index is 1.08. The lowest BCUT2D eigenvalue weighted by molar-refractivity contribution is -0.904. The molecule has 0 unspecified atom stereocenters. The Hall–Kier alpha value is -1.02. The van der Waals surface area contributed by atoms with Crippen LogP contribution in [0.4, 0.5) is 5.69 Å². The van der Waals surface area contributed by atoms with Gasteiger partial charge in [0.15, 0.2) is 0 Å². The highest BCUT2D eigenvalue weighted by molar-refractivity contribution is 5.45. The summed E-state index contributed by atoms with van der Waals surface area (Å²) in [5.74, 6) is 0. The molecular formula is C15H27N2+. The third-order valence-corrected chi connectivity index (χ3v) is 3.94. The van der Waals surface area contributed by atoms with Crippen LogP contribution in [0.15, 0.2) is 30.3 Å². The Labute approximate surface area is 106 Å². The van der Waals surface area contributed by atoms with Crippen molar-refractivity contribution in [3.8, 4) is 0 Å². The van der Waals surface area contributed by atoms with Crippen LogP contribution in [0, 0.1) is 0 Å². The van der Waals surface area contributed by atoms with Crippen LogP contribution in [0.25, 0.3) is 0 Å². The van der Waals surface area contributed by atoms with Gasteiger partial charge in [-0.05, 0) is 32.9 Å². The van der Waals surface area contributed by atoms with Crippen molar-refractivity contribution in [2.75, 3.05) is 44.7 Å². The average molecular weight is 235 g/mol. The highest BCUT2D eigenvalue weighted by Gasteiger charge is 2.17. The molecule has 1 aromatic rings. The van der Waals surface area contributed by atoms with Gasteiger partial charge in [0, 0.05) is 12.2 Å². The van der Waals surface area contributed by atoms with Crippen molar-refractivity contribution >= 4 is 5.69 Å². The molecule has 0 bridgehead atoms. The smallest absolute Gasteiger partial charge is 0.0962 e. The normalized spacial score (nSPS) is 11.5. The Morgan fingerprint density at radius 2 is 1.59 bits per heavy atom. The van der Waals surface area contributed by atoms with Gasteiger partial charge >= 0.3 is 0 Å². The van der Waals surface area contributed by atoms with Crippen LogP contribution in [0.1, 0.15) is 20.8 Å². The first-order chi connectivity index (χ1) is 8.15. The third-order valence-electron chi connectivity index (χ3n) is 3.94. The standard InChI is InChI=1S/C15H27N2/c1-5-16(15-11-9-8-10-12-15)13-14-17(4,6-2)7-3/h8-12H,5-7,13-14H2,1-4H3/q+1. The fourth-order valence-corrected chi connectivity index (χ4v) is 2.01. The van der Waals surface area contributed by atoms with Crippen LogP contribution in [-0.4, -0.2) is 44.3 Å². The molecule has 0 spiro atoms. The lowest BCUT2D eigenvalue weighted by Crippen LogP contribution is -2.48. The fourth-order valence-electron chi connectivity index (χ4n) is 2.01. The summed E-state index contributed by atoms with van der Waals surface area (Å²) in [5.41, 5.74) is 1.34. The highest BCUT2D eigenvalue weighted by Crippen LogP contribution is 2.13. The molecule has 0 heterocycles. The van der Waals surface area contributed by atoms with Gasteiger partial charge in [-0.1, -0.05) is 18.2 Å². The molecule has 0 amide bonds. The van der Waals surface area contributed by atoms with Gasteiger partial charge in [-0.25, -0.2) is 0 Å². The molecular weight excluding hydrogens is 208 g/mol. The Kier molecular flexibility index (Phi) is 5.49. The minimum Gasteiger partial charge on any atom is -0.366 e. The van der Waals surface area contributed by atoms with E-state index in [-0.39, 0.29) is 0 Å². The number of hydrogen-bond acceptors (Lipinski definition) is 1. The Morgan fingerprint density at radius 3 is 2.06 bits per heavy atom. The number of likely N-dealkylation sites (N-methyl/N-ethyl adjacent to an activating group) is 2. The van der Waals surface area contributed by atoms with Gasteiger partial charge < -0.3 is 9.38 Å². The van der Waals surface area contributed by atoms with Gasteiger partial charge in [0.2, 0.25) is 0 Å². The molecule has 17 heavy (non-hydrogen) atoms. The fraction of sp³-hybridized carbons (Fsp3) is 0.600. The number of hydrogen-bond donors (Lipinski definition) is 0. The maximum absolute atomic E-state index is 2.46. The van der Waals surface area contributed by atoms with Crippen LogP contribution < -0.4 is 4.90 Å². The second kappa shape index (κ2) is 6.65. The van der Waals surface area contributed by atoms with Crippen LogP contribution >= 0.6 is 0 Å². The summed E-state index contributed by atoms with van der Waals surface area (Å²) < 4.78 is 1.16. The molecule has 0 fully saturated rings. The molecule has 0 radical (unpaired) electrons. The van der Waals surface area contributed by atoms with Gasteiger partial charge in [0.1, 0.15) is 0 Å². The summed E-state index contributed by atoms with van der Waals surface area (Å²) in [6.45, 7) is 12.7. The van der Waals surface area contributed by atoms with E-state index in [9.17, 15) is 0 Å². The quantitative estimate of drug-likeness (QED) is 0.657. The number of rotatable bonds is 7. The zero-order valence-electron chi connectivity index (χ0n) is 11.8. The first kappa shape index (κ1) is 14.0. The molecule has 1 rings (SSSR count). The van der Waals surface area contributed by atoms with E-state index in [1.165, 1.54) is 25.3 Å². The van der Waals surface area contributed by atoms with Crippen LogP contribution in [0.3, 0.4) is 0 Å². The molecule has 96 valence electrons. The largest absolute Gasteiger partial charge is 0.366 e. The van der Waals surface area contributed by atoms with Gasteiger partial charge in [-0.3, -0.25) is 0 Å². The molecule has 0 saturated heterocycles. The summed E-state index contributed by atoms with van der Waals surface area (Å²) >= 11 is 0. The van der Waals surface area contributed by atoms with E-state index in [2.05, 4.69) is 63.1 Å². The lowest BCUT2D eigenvalue weighted by atomic mass is 10.2. The topological polar surface area (TPSA) is 3.24 Å². The van der Waals surface area contributed by atoms with Gasteiger partial charge in [-0.15, -0.1) is 0 Å². The first-order valence-electron chi connectivity index (χ1n) is 6.78. The molecule has 0 aliphatic carbocycles. The van der Waals surface area contributed by atoms with Crippen molar-refractivity contribution in [2.24, 2.45) is 0 Å². The van der Waals surface area contributed by atoms with E-state index >= 15 is 0 Å². The van der Waals surface area contributed by atoms with Crippen molar-refractivity contribution in [3.05, 3.63) is 30.3 Å². The molecule has 0 saturated carbocycles. The van der Waals surface area contributed by atoms with Gasteiger partial charge in [0.25, 0.3) is 0 Å². The molecule has 2 heteroatoms. The first-order valence-corrected chi connectivity index (χ1v) is 6.78.